The van der Waals surface area contributed by atoms with Crippen LogP contribution in [0.5, 0.6) is 5.75 Å². The van der Waals surface area contributed by atoms with Gasteiger partial charge in [-0.25, -0.2) is 0 Å². The second-order valence-corrected chi connectivity index (χ2v) is 8.78. The number of hydrogen-bond donors (Lipinski definition) is 1. The number of aromatic nitrogens is 1. The third kappa shape index (κ3) is 3.03. The average molecular weight is 337 g/mol. The minimum absolute atomic E-state index is 0.145. The molecule has 6 nitrogen and oxygen atoms in total. The molecule has 2 fully saturated rings. The van der Waals surface area contributed by atoms with Crippen molar-refractivity contribution in [2.45, 2.75) is 42.5 Å². The molecular weight excluding hydrogens is 314 g/mol. The van der Waals surface area contributed by atoms with Crippen LogP contribution in [-0.2, 0) is 14.6 Å². The topological polar surface area (TPSA) is 77.5 Å². The van der Waals surface area contributed by atoms with E-state index in [2.05, 4.69) is 14.6 Å². The van der Waals surface area contributed by atoms with Crippen molar-refractivity contribution >= 4 is 10.4 Å². The van der Waals surface area contributed by atoms with Crippen molar-refractivity contribution in [1.29, 1.82) is 0 Å². The number of pyridine rings is 1. The van der Waals surface area contributed by atoms with Gasteiger partial charge in [0.2, 0.25) is 4.90 Å². The van der Waals surface area contributed by atoms with Crippen LogP contribution in [0.1, 0.15) is 32.1 Å². The first-order valence-electron chi connectivity index (χ1n) is 8.40. The smallest absolute Gasteiger partial charge is 0.235 e. The van der Waals surface area contributed by atoms with Crippen molar-refractivity contribution in [3.8, 4) is 5.75 Å². The first-order chi connectivity index (χ1) is 11.1. The Morgan fingerprint density at radius 2 is 2.30 bits per heavy atom. The van der Waals surface area contributed by atoms with Gasteiger partial charge in [-0.2, -0.15) is 0 Å². The molecule has 1 aliphatic carbocycles. The van der Waals surface area contributed by atoms with Crippen LogP contribution in [-0.4, -0.2) is 46.2 Å². The molecule has 0 radical (unpaired) electrons. The fourth-order valence-electron chi connectivity index (χ4n) is 4.15. The minimum Gasteiger partial charge on any atom is -0.593 e. The van der Waals surface area contributed by atoms with E-state index in [1.165, 1.54) is 31.9 Å². The second kappa shape index (κ2) is 5.81. The maximum atomic E-state index is 12.7. The predicted molar refractivity (Wildman–Crippen MR) is 85.7 cm³/mol. The summed E-state index contributed by atoms with van der Waals surface area (Å²) in [6.07, 6.45) is 9.00. The van der Waals surface area contributed by atoms with Gasteiger partial charge >= 0.3 is 0 Å². The van der Waals surface area contributed by atoms with E-state index >= 15 is 0 Å². The molecular formula is C16H23N3O3S. The average Bonchev–Trinajstić information content (AvgIpc) is 3.14. The molecule has 0 bridgehead atoms. The molecule has 1 aromatic heterocycles. The lowest BCUT2D eigenvalue weighted by Crippen LogP contribution is -2.55. The SMILES string of the molecule is O=[S+]1([O-])NC2(CCN(CC3CCCC3)C2)COc2ccncc21. The monoisotopic (exact) mass is 337 g/mol. The van der Waals surface area contributed by atoms with E-state index in [-0.39, 0.29) is 4.90 Å². The highest BCUT2D eigenvalue weighted by molar-refractivity contribution is 7.96. The summed E-state index contributed by atoms with van der Waals surface area (Å²) in [4.78, 5) is 6.47. The number of sulfonamides is 1. The second-order valence-electron chi connectivity index (χ2n) is 7.13. The molecule has 126 valence electrons. The Hall–Kier alpha value is -1.02. The molecule has 23 heavy (non-hydrogen) atoms. The van der Waals surface area contributed by atoms with Crippen LogP contribution in [0.2, 0.25) is 0 Å². The van der Waals surface area contributed by atoms with E-state index in [4.69, 9.17) is 4.74 Å². The first-order valence-corrected chi connectivity index (χ1v) is 9.88. The molecule has 0 aromatic carbocycles. The lowest BCUT2D eigenvalue weighted by molar-refractivity contribution is 0.192. The van der Waals surface area contributed by atoms with E-state index in [1.807, 2.05) is 0 Å². The fraction of sp³-hybridized carbons (Fsp3) is 0.688. The zero-order chi connectivity index (χ0) is 15.9. The Bertz CT molecular complexity index is 635. The van der Waals surface area contributed by atoms with Crippen LogP contribution >= 0.6 is 0 Å². The van der Waals surface area contributed by atoms with E-state index in [0.29, 0.717) is 12.4 Å². The van der Waals surface area contributed by atoms with Gasteiger partial charge in [0.15, 0.2) is 16.1 Å². The molecule has 4 rings (SSSR count). The third-order valence-electron chi connectivity index (χ3n) is 5.31. The number of likely N-dealkylation sites (tertiary alicyclic amines) is 1. The summed E-state index contributed by atoms with van der Waals surface area (Å²) < 4.78 is 34.1. The maximum Gasteiger partial charge on any atom is 0.235 e. The summed E-state index contributed by atoms with van der Waals surface area (Å²) in [5.74, 6) is 1.17. The molecule has 1 saturated heterocycles. The van der Waals surface area contributed by atoms with Gasteiger partial charge in [0, 0.05) is 31.9 Å². The van der Waals surface area contributed by atoms with Crippen LogP contribution in [0, 0.1) is 5.92 Å². The predicted octanol–water partition coefficient (Wildman–Crippen LogP) is 1.60. The summed E-state index contributed by atoms with van der Waals surface area (Å²) in [7, 11) is -3.59. The maximum absolute atomic E-state index is 12.7. The summed E-state index contributed by atoms with van der Waals surface area (Å²) in [6.45, 7) is 3.11. The molecule has 7 heteroatoms. The van der Waals surface area contributed by atoms with Crippen LogP contribution in [0.3, 0.4) is 0 Å². The summed E-state index contributed by atoms with van der Waals surface area (Å²) in [5.41, 5.74) is -0.517. The number of nitrogens with one attached hydrogen (secondary N) is 1. The standard InChI is InChI=1S/C16H23N3O3S/c20-23(21)15-9-17-7-5-14(15)22-12-16(18-23)6-8-19(11-16)10-13-3-1-2-4-13/h5,7,9,13H,1-4,6,8,10-12H2,(H-,18,20,21). The Kier molecular flexibility index (Phi) is 3.91. The van der Waals surface area contributed by atoms with Crippen LogP contribution in [0.25, 0.3) is 0 Å². The lowest BCUT2D eigenvalue weighted by Gasteiger charge is -2.29. The Morgan fingerprint density at radius 1 is 1.48 bits per heavy atom. The highest BCUT2D eigenvalue weighted by Crippen LogP contribution is 2.35. The molecule has 1 N–H and O–H groups in total. The van der Waals surface area contributed by atoms with Crippen molar-refractivity contribution in [3.63, 3.8) is 0 Å². The Morgan fingerprint density at radius 3 is 3.13 bits per heavy atom. The summed E-state index contributed by atoms with van der Waals surface area (Å²) >= 11 is 0. The van der Waals surface area contributed by atoms with Crippen LogP contribution < -0.4 is 9.46 Å². The van der Waals surface area contributed by atoms with Crippen molar-refractivity contribution < 1.29 is 13.5 Å². The molecule has 2 unspecified atom stereocenters. The van der Waals surface area contributed by atoms with Crippen molar-refractivity contribution in [2.24, 2.45) is 5.92 Å². The number of nitrogens with zero attached hydrogens (tertiary/aromatic N) is 2. The minimum atomic E-state index is -3.59. The van der Waals surface area contributed by atoms with Crippen molar-refractivity contribution in [2.75, 3.05) is 26.2 Å². The normalized spacial score (nSPS) is 35.2. The first kappa shape index (κ1) is 15.5. The van der Waals surface area contributed by atoms with Gasteiger partial charge in [0.05, 0.1) is 6.20 Å². The van der Waals surface area contributed by atoms with E-state index < -0.39 is 15.9 Å². The van der Waals surface area contributed by atoms with Crippen LogP contribution in [0.15, 0.2) is 23.4 Å². The zero-order valence-electron chi connectivity index (χ0n) is 13.2. The number of rotatable bonds is 2. The van der Waals surface area contributed by atoms with E-state index in [9.17, 15) is 8.76 Å². The van der Waals surface area contributed by atoms with Gasteiger partial charge in [-0.15, -0.1) is 4.72 Å². The van der Waals surface area contributed by atoms with Gasteiger partial charge < -0.3 is 14.2 Å². The molecule has 3 heterocycles. The Labute approximate surface area is 138 Å². The van der Waals surface area contributed by atoms with E-state index in [1.54, 1.807) is 12.3 Å². The van der Waals surface area contributed by atoms with Gasteiger partial charge in [0.1, 0.15) is 12.1 Å². The van der Waals surface area contributed by atoms with Gasteiger partial charge in [-0.3, -0.25) is 4.98 Å². The summed E-state index contributed by atoms with van der Waals surface area (Å²) in [5, 5.41) is 0. The Balaban J connectivity index is 1.51. The van der Waals surface area contributed by atoms with Crippen molar-refractivity contribution in [3.05, 3.63) is 18.5 Å². The molecule has 2 atom stereocenters. The zero-order valence-corrected chi connectivity index (χ0v) is 14.0. The third-order valence-corrected chi connectivity index (χ3v) is 6.90. The lowest BCUT2D eigenvalue weighted by atomic mass is 10.0. The molecule has 3 aliphatic rings. The fourth-order valence-corrected chi connectivity index (χ4v) is 5.64. The number of hydrogen-bond acceptors (Lipinski definition) is 5. The highest BCUT2D eigenvalue weighted by Gasteiger charge is 2.48. The molecule has 2 aliphatic heterocycles. The van der Waals surface area contributed by atoms with Crippen molar-refractivity contribution in [1.82, 2.24) is 14.6 Å². The molecule has 1 saturated carbocycles. The quantitative estimate of drug-likeness (QED) is 0.830. The molecule has 1 aromatic rings. The van der Waals surface area contributed by atoms with Gasteiger partial charge in [-0.05, 0) is 25.2 Å². The number of ether oxygens (including phenoxy) is 1. The highest BCUT2D eigenvalue weighted by atomic mass is 32.3. The van der Waals surface area contributed by atoms with E-state index in [0.717, 1.165) is 32.0 Å². The number of fused-ring (bicyclic) bond motifs is 1. The molecule has 1 spiro atoms. The van der Waals surface area contributed by atoms with Gasteiger partial charge in [-0.1, -0.05) is 17.1 Å². The largest absolute Gasteiger partial charge is 0.593 e. The molecule has 0 amide bonds. The van der Waals surface area contributed by atoms with Crippen LogP contribution in [0.4, 0.5) is 0 Å². The summed E-state index contributed by atoms with van der Waals surface area (Å²) in [6, 6.07) is 1.62. The van der Waals surface area contributed by atoms with Gasteiger partial charge in [0.25, 0.3) is 0 Å².